The summed E-state index contributed by atoms with van der Waals surface area (Å²) in [5, 5.41) is 3.12. The maximum absolute atomic E-state index is 12.0. The van der Waals surface area contributed by atoms with Crippen LogP contribution in [0.5, 0.6) is 5.75 Å². The number of carbonyl (C=O) groups excluding carboxylic acids is 1. The minimum atomic E-state index is -0.00847. The van der Waals surface area contributed by atoms with Crippen LogP contribution < -0.4 is 10.1 Å². The van der Waals surface area contributed by atoms with Gasteiger partial charge in [-0.1, -0.05) is 24.1 Å². The maximum Gasteiger partial charge on any atom is 0.258 e. The third kappa shape index (κ3) is 3.39. The Labute approximate surface area is 127 Å². The van der Waals surface area contributed by atoms with Gasteiger partial charge in [-0.15, -0.1) is 0 Å². The zero-order valence-electron chi connectivity index (χ0n) is 13.0. The molecule has 0 aromatic heterocycles. The molecule has 2 saturated carbocycles. The highest BCUT2D eigenvalue weighted by Crippen LogP contribution is 2.49. The summed E-state index contributed by atoms with van der Waals surface area (Å²) >= 11 is 0. The number of amides is 1. The second-order valence-corrected chi connectivity index (χ2v) is 6.80. The van der Waals surface area contributed by atoms with Crippen molar-refractivity contribution in [2.24, 2.45) is 17.8 Å². The molecule has 2 aliphatic rings. The lowest BCUT2D eigenvalue weighted by molar-refractivity contribution is -0.124. The molecule has 1 amide bonds. The fraction of sp³-hybridized carbons (Fsp3) is 0.611. The predicted molar refractivity (Wildman–Crippen MR) is 83.2 cm³/mol. The first-order valence-electron chi connectivity index (χ1n) is 8.10. The van der Waals surface area contributed by atoms with E-state index in [2.05, 4.69) is 12.2 Å². The molecule has 0 heterocycles. The smallest absolute Gasteiger partial charge is 0.258 e. The highest BCUT2D eigenvalue weighted by atomic mass is 16.5. The van der Waals surface area contributed by atoms with E-state index in [-0.39, 0.29) is 18.6 Å². The molecule has 2 aliphatic carbocycles. The van der Waals surface area contributed by atoms with Crippen LogP contribution in [0.25, 0.3) is 0 Å². The summed E-state index contributed by atoms with van der Waals surface area (Å²) < 4.78 is 5.54. The average Bonchev–Trinajstić information content (AvgIpc) is 3.09. The van der Waals surface area contributed by atoms with Crippen molar-refractivity contribution in [1.29, 1.82) is 0 Å². The van der Waals surface area contributed by atoms with Crippen LogP contribution in [0.3, 0.4) is 0 Å². The van der Waals surface area contributed by atoms with Crippen LogP contribution in [0.2, 0.25) is 0 Å². The van der Waals surface area contributed by atoms with Gasteiger partial charge < -0.3 is 10.1 Å². The number of hydrogen-bond acceptors (Lipinski definition) is 2. The average molecular weight is 287 g/mol. The summed E-state index contributed by atoms with van der Waals surface area (Å²) in [6.07, 6.45) is 5.43. The maximum atomic E-state index is 12.0. The van der Waals surface area contributed by atoms with Crippen LogP contribution in [0.1, 0.15) is 38.2 Å². The Balaban J connectivity index is 1.44. The minimum absolute atomic E-state index is 0.00847. The quantitative estimate of drug-likeness (QED) is 0.902. The van der Waals surface area contributed by atoms with Crippen molar-refractivity contribution < 1.29 is 9.53 Å². The van der Waals surface area contributed by atoms with Gasteiger partial charge in [0.15, 0.2) is 6.61 Å². The molecule has 3 rings (SSSR count). The van der Waals surface area contributed by atoms with Gasteiger partial charge in [-0.25, -0.2) is 0 Å². The van der Waals surface area contributed by atoms with Crippen LogP contribution >= 0.6 is 0 Å². The highest BCUT2D eigenvalue weighted by Gasteiger charge is 2.42. The van der Waals surface area contributed by atoms with E-state index in [1.807, 2.05) is 31.2 Å². The second kappa shape index (κ2) is 6.08. The number of ether oxygens (including phenoxy) is 1. The van der Waals surface area contributed by atoms with Gasteiger partial charge in [-0.05, 0) is 63.0 Å². The van der Waals surface area contributed by atoms with Crippen molar-refractivity contribution in [3.05, 3.63) is 29.8 Å². The lowest BCUT2D eigenvalue weighted by Crippen LogP contribution is -2.42. The largest absolute Gasteiger partial charge is 0.484 e. The Hall–Kier alpha value is -1.51. The zero-order valence-corrected chi connectivity index (χ0v) is 13.0. The molecule has 2 fully saturated rings. The summed E-state index contributed by atoms with van der Waals surface area (Å²) in [7, 11) is 0. The number of aryl methyl sites for hydroxylation is 1. The van der Waals surface area contributed by atoms with Gasteiger partial charge in [0.25, 0.3) is 5.91 Å². The molecular weight excluding hydrogens is 262 g/mol. The van der Waals surface area contributed by atoms with Gasteiger partial charge in [0.2, 0.25) is 0 Å². The van der Waals surface area contributed by atoms with Crippen molar-refractivity contribution in [2.75, 3.05) is 6.61 Å². The van der Waals surface area contributed by atoms with E-state index >= 15 is 0 Å². The van der Waals surface area contributed by atoms with E-state index in [0.717, 1.165) is 17.6 Å². The first-order valence-corrected chi connectivity index (χ1v) is 8.10. The molecule has 3 heteroatoms. The first kappa shape index (κ1) is 14.4. The summed E-state index contributed by atoms with van der Waals surface area (Å²) in [6, 6.07) is 8.06. The number of rotatable bonds is 5. The third-order valence-electron chi connectivity index (χ3n) is 5.21. The van der Waals surface area contributed by atoms with E-state index in [0.29, 0.717) is 5.92 Å². The summed E-state index contributed by atoms with van der Waals surface area (Å²) in [6.45, 7) is 4.29. The molecule has 1 aromatic rings. The van der Waals surface area contributed by atoms with Crippen LogP contribution in [-0.4, -0.2) is 18.6 Å². The number of fused-ring (bicyclic) bond motifs is 2. The molecule has 0 aliphatic heterocycles. The number of nitrogens with one attached hydrogen (secondary N) is 1. The molecule has 3 nitrogen and oxygen atoms in total. The van der Waals surface area contributed by atoms with Gasteiger partial charge >= 0.3 is 0 Å². The lowest BCUT2D eigenvalue weighted by Gasteiger charge is -2.28. The second-order valence-electron chi connectivity index (χ2n) is 6.80. The minimum Gasteiger partial charge on any atom is -0.484 e. The highest BCUT2D eigenvalue weighted by molar-refractivity contribution is 5.77. The first-order chi connectivity index (χ1) is 10.1. The molecule has 1 N–H and O–H groups in total. The Morgan fingerprint density at radius 2 is 2.05 bits per heavy atom. The number of carbonyl (C=O) groups is 1. The van der Waals surface area contributed by atoms with E-state index in [1.54, 1.807) is 0 Å². The summed E-state index contributed by atoms with van der Waals surface area (Å²) in [5.74, 6) is 3.17. The topological polar surface area (TPSA) is 38.3 Å². The van der Waals surface area contributed by atoms with E-state index in [4.69, 9.17) is 4.74 Å². The molecule has 0 saturated heterocycles. The molecular formula is C18H25NO2. The fourth-order valence-corrected chi connectivity index (χ4v) is 4.09. The van der Waals surface area contributed by atoms with Gasteiger partial charge in [0.05, 0.1) is 0 Å². The fourth-order valence-electron chi connectivity index (χ4n) is 4.09. The molecule has 0 spiro atoms. The predicted octanol–water partition coefficient (Wildman–Crippen LogP) is 3.31. The monoisotopic (exact) mass is 287 g/mol. The molecule has 1 aromatic carbocycles. The van der Waals surface area contributed by atoms with Gasteiger partial charge in [0.1, 0.15) is 5.75 Å². The van der Waals surface area contributed by atoms with Crippen LogP contribution in [0.4, 0.5) is 0 Å². The molecule has 0 unspecified atom stereocenters. The van der Waals surface area contributed by atoms with Crippen molar-refractivity contribution in [3.8, 4) is 5.75 Å². The zero-order chi connectivity index (χ0) is 14.8. The van der Waals surface area contributed by atoms with Crippen molar-refractivity contribution in [3.63, 3.8) is 0 Å². The van der Waals surface area contributed by atoms with Crippen LogP contribution in [0.15, 0.2) is 24.3 Å². The van der Waals surface area contributed by atoms with Gasteiger partial charge in [0, 0.05) is 6.04 Å². The van der Waals surface area contributed by atoms with Crippen molar-refractivity contribution in [2.45, 2.75) is 45.6 Å². The SMILES string of the molecule is Cc1ccc(OCC(=O)N[C@@H](C)[C@H]2C[C@H]3CC[C@H]2C3)cc1. The van der Waals surface area contributed by atoms with E-state index < -0.39 is 0 Å². The Morgan fingerprint density at radius 3 is 2.67 bits per heavy atom. The molecule has 0 radical (unpaired) electrons. The van der Waals surface area contributed by atoms with Gasteiger partial charge in [-0.2, -0.15) is 0 Å². The molecule has 21 heavy (non-hydrogen) atoms. The Kier molecular flexibility index (Phi) is 4.18. The Morgan fingerprint density at radius 1 is 1.29 bits per heavy atom. The summed E-state index contributed by atoms with van der Waals surface area (Å²) in [5.41, 5.74) is 1.19. The van der Waals surface area contributed by atoms with E-state index in [9.17, 15) is 4.79 Å². The van der Waals surface area contributed by atoms with Crippen LogP contribution in [0, 0.1) is 24.7 Å². The standard InChI is InChI=1S/C18H25NO2/c1-12-3-7-16(8-4-12)21-11-18(20)19-13(2)17-10-14-5-6-15(17)9-14/h3-4,7-8,13-15,17H,5-6,9-11H2,1-2H3,(H,19,20)/t13-,14-,15-,17+/m0/s1. The molecule has 114 valence electrons. The normalized spacial score (nSPS) is 28.4. The van der Waals surface area contributed by atoms with Crippen molar-refractivity contribution >= 4 is 5.91 Å². The van der Waals surface area contributed by atoms with Crippen LogP contribution in [-0.2, 0) is 4.79 Å². The van der Waals surface area contributed by atoms with Gasteiger partial charge in [-0.3, -0.25) is 4.79 Å². The number of hydrogen-bond donors (Lipinski definition) is 1. The Bertz CT molecular complexity index is 496. The molecule has 4 atom stereocenters. The summed E-state index contributed by atoms with van der Waals surface area (Å²) in [4.78, 5) is 12.0. The third-order valence-corrected chi connectivity index (χ3v) is 5.21. The molecule has 2 bridgehead atoms. The number of benzene rings is 1. The van der Waals surface area contributed by atoms with E-state index in [1.165, 1.54) is 31.2 Å². The lowest BCUT2D eigenvalue weighted by atomic mass is 9.84. The van der Waals surface area contributed by atoms with Crippen molar-refractivity contribution in [1.82, 2.24) is 5.32 Å².